The molecule has 9 heteroatoms. The molecular formula is C21H27N3O5S. The second-order valence-corrected chi connectivity index (χ2v) is 10.4. The number of rotatable bonds is 5. The Balaban J connectivity index is 2.13. The lowest BCUT2D eigenvalue weighted by Gasteiger charge is -2.40. The summed E-state index contributed by atoms with van der Waals surface area (Å²) in [6.45, 7) is 10.0. The smallest absolute Gasteiger partial charge is 0.345 e. The topological polar surface area (TPSA) is 98.6 Å². The van der Waals surface area contributed by atoms with Crippen molar-refractivity contribution in [2.24, 2.45) is 0 Å². The summed E-state index contributed by atoms with van der Waals surface area (Å²) in [5.41, 5.74) is 0.219. The fourth-order valence-corrected chi connectivity index (χ4v) is 4.73. The number of carbonyl (C=O) groups excluding carboxylic acids is 2. The summed E-state index contributed by atoms with van der Waals surface area (Å²) in [6, 6.07) is 4.36. The van der Waals surface area contributed by atoms with E-state index < -0.39 is 21.3 Å². The van der Waals surface area contributed by atoms with Crippen LogP contribution in [0.5, 0.6) is 5.88 Å². The zero-order valence-corrected chi connectivity index (χ0v) is 18.7. The second kappa shape index (κ2) is 7.86. The van der Waals surface area contributed by atoms with E-state index in [0.717, 1.165) is 0 Å². The molecule has 2 heterocycles. The molecule has 0 aliphatic carbocycles. The number of benzene rings is 1. The summed E-state index contributed by atoms with van der Waals surface area (Å²) in [6.07, 6.45) is 1.89. The maximum Gasteiger partial charge on any atom is 0.345 e. The number of aryl methyl sites for hydroxylation is 1. The molecule has 1 amide bonds. The third kappa shape index (κ3) is 3.86. The molecule has 1 aliphatic heterocycles. The van der Waals surface area contributed by atoms with Gasteiger partial charge in [0.25, 0.3) is 5.91 Å². The minimum atomic E-state index is -3.66. The van der Waals surface area contributed by atoms with Crippen LogP contribution in [0.2, 0.25) is 0 Å². The number of aromatic nitrogens is 2. The van der Waals surface area contributed by atoms with Gasteiger partial charge in [0.05, 0.1) is 28.0 Å². The average Bonchev–Trinajstić information content (AvgIpc) is 3.13. The Hall–Kier alpha value is -2.68. The summed E-state index contributed by atoms with van der Waals surface area (Å²) in [5, 5.41) is 4.07. The number of sulfone groups is 1. The van der Waals surface area contributed by atoms with E-state index in [2.05, 4.69) is 5.10 Å². The zero-order valence-electron chi connectivity index (χ0n) is 17.9. The molecule has 0 unspecified atom stereocenters. The van der Waals surface area contributed by atoms with Gasteiger partial charge in [-0.15, -0.1) is 0 Å². The van der Waals surface area contributed by atoms with Crippen molar-refractivity contribution in [2.75, 3.05) is 12.3 Å². The summed E-state index contributed by atoms with van der Waals surface area (Å²) < 4.78 is 32.4. The van der Waals surface area contributed by atoms with Crippen LogP contribution in [-0.2, 0) is 22.8 Å². The fourth-order valence-electron chi connectivity index (χ4n) is 3.62. The molecule has 0 spiro atoms. The maximum absolute atomic E-state index is 13.3. The first-order valence-electron chi connectivity index (χ1n) is 9.95. The highest BCUT2D eigenvalue weighted by Gasteiger charge is 2.38. The predicted molar refractivity (Wildman–Crippen MR) is 112 cm³/mol. The number of hydrogen-bond donors (Lipinski definition) is 0. The van der Waals surface area contributed by atoms with Gasteiger partial charge in [-0.05, 0) is 51.8 Å². The molecular weight excluding hydrogens is 406 g/mol. The van der Waals surface area contributed by atoms with Crippen LogP contribution in [0.15, 0.2) is 29.3 Å². The van der Waals surface area contributed by atoms with Gasteiger partial charge in [0.15, 0.2) is 9.84 Å². The number of fused-ring (bicyclic) bond motifs is 1. The lowest BCUT2D eigenvalue weighted by molar-refractivity contribution is 0.0556. The molecule has 1 aromatic carbocycles. The van der Waals surface area contributed by atoms with E-state index in [1.807, 2.05) is 27.7 Å². The summed E-state index contributed by atoms with van der Waals surface area (Å²) >= 11 is 0. The van der Waals surface area contributed by atoms with Crippen molar-refractivity contribution in [2.45, 2.75) is 58.0 Å². The minimum absolute atomic E-state index is 0.0332. The van der Waals surface area contributed by atoms with E-state index in [4.69, 9.17) is 4.74 Å². The van der Waals surface area contributed by atoms with Crippen LogP contribution in [0, 0.1) is 0 Å². The van der Waals surface area contributed by atoms with Crippen LogP contribution < -0.4 is 4.74 Å². The number of carbonyl (C=O) groups is 2. The molecule has 3 rings (SSSR count). The van der Waals surface area contributed by atoms with Crippen molar-refractivity contribution >= 4 is 21.7 Å². The predicted octanol–water partition coefficient (Wildman–Crippen LogP) is 2.71. The second-order valence-electron chi connectivity index (χ2n) is 8.12. The van der Waals surface area contributed by atoms with Crippen LogP contribution in [0.3, 0.4) is 0 Å². The Morgan fingerprint density at radius 2 is 1.90 bits per heavy atom. The molecule has 1 aliphatic rings. The molecule has 162 valence electrons. The van der Waals surface area contributed by atoms with Gasteiger partial charge in [-0.2, -0.15) is 5.10 Å². The largest absolute Gasteiger partial charge is 0.404 e. The van der Waals surface area contributed by atoms with Crippen molar-refractivity contribution in [3.05, 3.63) is 41.1 Å². The molecule has 0 saturated carbocycles. The van der Waals surface area contributed by atoms with Crippen LogP contribution in [0.25, 0.3) is 0 Å². The van der Waals surface area contributed by atoms with Gasteiger partial charge in [0.1, 0.15) is 0 Å². The Bertz CT molecular complexity index is 1100. The summed E-state index contributed by atoms with van der Waals surface area (Å²) in [5.74, 6) is -0.871. The summed E-state index contributed by atoms with van der Waals surface area (Å²) in [7, 11) is -3.66. The highest BCUT2D eigenvalue weighted by Crippen LogP contribution is 2.33. The van der Waals surface area contributed by atoms with E-state index in [-0.39, 0.29) is 27.7 Å². The Morgan fingerprint density at radius 1 is 1.20 bits per heavy atom. The van der Waals surface area contributed by atoms with E-state index in [1.165, 1.54) is 29.9 Å². The first kappa shape index (κ1) is 22.0. The third-order valence-corrected chi connectivity index (χ3v) is 7.01. The van der Waals surface area contributed by atoms with Gasteiger partial charge >= 0.3 is 5.97 Å². The van der Waals surface area contributed by atoms with Crippen molar-refractivity contribution in [1.29, 1.82) is 0 Å². The van der Waals surface area contributed by atoms with Crippen molar-refractivity contribution in [1.82, 2.24) is 14.7 Å². The van der Waals surface area contributed by atoms with Gasteiger partial charge in [0, 0.05) is 24.7 Å². The minimum Gasteiger partial charge on any atom is -0.404 e. The molecule has 0 fully saturated rings. The Labute approximate surface area is 176 Å². The Kier molecular flexibility index (Phi) is 5.77. The van der Waals surface area contributed by atoms with Gasteiger partial charge < -0.3 is 9.64 Å². The number of ether oxygens (including phenoxy) is 1. The molecule has 0 bridgehead atoms. The average molecular weight is 434 g/mol. The van der Waals surface area contributed by atoms with Crippen LogP contribution in [-0.4, -0.2) is 52.8 Å². The normalized spacial score (nSPS) is 14.6. The molecule has 30 heavy (non-hydrogen) atoms. The van der Waals surface area contributed by atoms with Crippen molar-refractivity contribution in [3.63, 3.8) is 0 Å². The van der Waals surface area contributed by atoms with Gasteiger partial charge in [-0.3, -0.25) is 4.79 Å². The molecule has 0 N–H and O–H groups in total. The van der Waals surface area contributed by atoms with Crippen LogP contribution in [0.1, 0.15) is 60.9 Å². The lowest BCUT2D eigenvalue weighted by atomic mass is 9.91. The van der Waals surface area contributed by atoms with Gasteiger partial charge in [0.2, 0.25) is 5.88 Å². The van der Waals surface area contributed by atoms with E-state index in [0.29, 0.717) is 31.0 Å². The van der Waals surface area contributed by atoms with Crippen molar-refractivity contribution in [3.8, 4) is 5.88 Å². The zero-order chi connectivity index (χ0) is 22.3. The quantitative estimate of drug-likeness (QED) is 0.673. The number of esters is 1. The van der Waals surface area contributed by atoms with E-state index in [9.17, 15) is 18.0 Å². The lowest BCUT2D eigenvalue weighted by Crippen LogP contribution is -2.50. The van der Waals surface area contributed by atoms with Crippen molar-refractivity contribution < 1.29 is 22.7 Å². The SMILES string of the molecule is CCn1nccc1OC(=O)c1ccc(S(=O)(=O)CC)c2c1CCN(C(C)(C)C)C2=O. The number of nitrogens with zero attached hydrogens (tertiary/aromatic N) is 3. The third-order valence-electron chi connectivity index (χ3n) is 5.24. The number of hydrogen-bond acceptors (Lipinski definition) is 6. The van der Waals surface area contributed by atoms with Crippen LogP contribution >= 0.6 is 0 Å². The standard InChI is InChI=1S/C21H27N3O5S/c1-6-24-17(10-12-22-24)29-20(26)15-8-9-16(30(27,28)7-2)18-14(15)11-13-23(19(18)25)21(3,4)5/h8-10,12H,6-7,11,13H2,1-5H3. The van der Waals surface area contributed by atoms with E-state index >= 15 is 0 Å². The summed E-state index contributed by atoms with van der Waals surface area (Å²) in [4.78, 5) is 27.9. The first-order chi connectivity index (χ1) is 14.0. The highest BCUT2D eigenvalue weighted by molar-refractivity contribution is 7.91. The Morgan fingerprint density at radius 3 is 2.50 bits per heavy atom. The molecule has 2 aromatic rings. The first-order valence-corrected chi connectivity index (χ1v) is 11.6. The maximum atomic E-state index is 13.3. The van der Waals surface area contributed by atoms with Gasteiger partial charge in [-0.25, -0.2) is 17.9 Å². The van der Waals surface area contributed by atoms with Crippen LogP contribution in [0.4, 0.5) is 0 Å². The molecule has 0 saturated heterocycles. The fraction of sp³-hybridized carbons (Fsp3) is 0.476. The number of amides is 1. The highest BCUT2D eigenvalue weighted by atomic mass is 32.2. The molecule has 0 radical (unpaired) electrons. The van der Waals surface area contributed by atoms with E-state index in [1.54, 1.807) is 11.0 Å². The van der Waals surface area contributed by atoms with Gasteiger partial charge in [-0.1, -0.05) is 6.92 Å². The molecule has 1 aromatic heterocycles. The molecule has 0 atom stereocenters. The monoisotopic (exact) mass is 433 g/mol. The molecule has 8 nitrogen and oxygen atoms in total.